The highest BCUT2D eigenvalue weighted by Crippen LogP contribution is 2.26. The number of nitrogens with zero attached hydrogens (tertiary/aromatic N) is 3. The quantitative estimate of drug-likeness (QED) is 0.408. The zero-order valence-corrected chi connectivity index (χ0v) is 16.0. The van der Waals surface area contributed by atoms with Crippen molar-refractivity contribution in [2.24, 2.45) is 0 Å². The van der Waals surface area contributed by atoms with E-state index in [2.05, 4.69) is 29.6 Å². The molecule has 2 aromatic rings. The van der Waals surface area contributed by atoms with Crippen LogP contribution >= 0.6 is 0 Å². The van der Waals surface area contributed by atoms with Gasteiger partial charge in [0.15, 0.2) is 6.10 Å². The van der Waals surface area contributed by atoms with Crippen LogP contribution in [0.2, 0.25) is 25.7 Å². The van der Waals surface area contributed by atoms with E-state index in [1.807, 2.05) is 0 Å². The lowest BCUT2D eigenvalue weighted by atomic mass is 10.1. The lowest BCUT2D eigenvalue weighted by Crippen LogP contribution is -2.21. The molecule has 0 aromatic carbocycles. The van der Waals surface area contributed by atoms with Gasteiger partial charge in [-0.05, 0) is 12.1 Å². The summed E-state index contributed by atoms with van der Waals surface area (Å²) in [5, 5.41) is 0. The molecule has 0 N–H and O–H groups in total. The summed E-state index contributed by atoms with van der Waals surface area (Å²) < 4.78 is 26.7. The third-order valence-corrected chi connectivity index (χ3v) is 5.23. The molecule has 0 radical (unpaired) electrons. The lowest BCUT2D eigenvalue weighted by Gasteiger charge is -2.16. The number of esters is 1. The minimum atomic E-state index is -1.13. The number of carbonyl (C=O) groups is 1. The van der Waals surface area contributed by atoms with Crippen molar-refractivity contribution in [1.82, 2.24) is 14.5 Å². The van der Waals surface area contributed by atoms with Gasteiger partial charge in [-0.1, -0.05) is 19.6 Å². The Labute approximate surface area is 148 Å². The fourth-order valence-electron chi connectivity index (χ4n) is 2.18. The largest absolute Gasteiger partial charge is 0.451 e. The Balaban J connectivity index is 2.08. The van der Waals surface area contributed by atoms with Gasteiger partial charge < -0.3 is 14.0 Å². The van der Waals surface area contributed by atoms with Gasteiger partial charge in [0.2, 0.25) is 0 Å². The minimum absolute atomic E-state index is 0.218. The monoisotopic (exact) mass is 365 g/mol. The second-order valence-corrected chi connectivity index (χ2v) is 12.7. The number of halogens is 1. The van der Waals surface area contributed by atoms with Gasteiger partial charge >= 0.3 is 5.97 Å². The topological polar surface area (TPSA) is 66.2 Å². The Kier molecular flexibility index (Phi) is 6.43. The lowest BCUT2D eigenvalue weighted by molar-refractivity contribution is -0.145. The van der Waals surface area contributed by atoms with E-state index in [0.717, 1.165) is 12.2 Å². The predicted molar refractivity (Wildman–Crippen MR) is 94.1 cm³/mol. The van der Waals surface area contributed by atoms with E-state index in [1.165, 1.54) is 19.2 Å². The smallest absolute Gasteiger partial charge is 0.303 e. The molecule has 0 aliphatic rings. The van der Waals surface area contributed by atoms with Crippen molar-refractivity contribution in [3.63, 3.8) is 0 Å². The van der Waals surface area contributed by atoms with Crippen LogP contribution in [0.25, 0.3) is 0 Å². The summed E-state index contributed by atoms with van der Waals surface area (Å²) in [5.41, 5.74) is 0.657. The summed E-state index contributed by atoms with van der Waals surface area (Å²) in [5.74, 6) is -1.06. The first-order valence-electron chi connectivity index (χ1n) is 8.12. The van der Waals surface area contributed by atoms with Crippen molar-refractivity contribution in [3.05, 3.63) is 48.1 Å². The Morgan fingerprint density at radius 2 is 2.16 bits per heavy atom. The molecule has 0 fully saturated rings. The van der Waals surface area contributed by atoms with Crippen LogP contribution < -0.4 is 0 Å². The summed E-state index contributed by atoms with van der Waals surface area (Å²) in [4.78, 5) is 19.4. The molecule has 2 aromatic heterocycles. The molecule has 0 saturated heterocycles. The Morgan fingerprint density at radius 3 is 2.80 bits per heavy atom. The zero-order chi connectivity index (χ0) is 18.4. The summed E-state index contributed by atoms with van der Waals surface area (Å²) >= 11 is 0. The SMILES string of the molecule is CC(=O)OC(c1cn(COCC[Si](C)(C)C)cn1)c1ccncc1F. The first-order chi connectivity index (χ1) is 11.8. The summed E-state index contributed by atoms with van der Waals surface area (Å²) in [6.07, 6.45) is 4.90. The van der Waals surface area contributed by atoms with Crippen LogP contribution in [0, 0.1) is 5.82 Å². The van der Waals surface area contributed by atoms with Crippen LogP contribution in [0.1, 0.15) is 24.3 Å². The normalized spacial score (nSPS) is 12.8. The Bertz CT molecular complexity index is 715. The van der Waals surface area contributed by atoms with Crippen molar-refractivity contribution in [2.75, 3.05) is 6.61 Å². The van der Waals surface area contributed by atoms with Crippen molar-refractivity contribution >= 4 is 14.0 Å². The minimum Gasteiger partial charge on any atom is -0.451 e. The highest BCUT2D eigenvalue weighted by Gasteiger charge is 2.23. The summed E-state index contributed by atoms with van der Waals surface area (Å²) in [6.45, 7) is 9.19. The van der Waals surface area contributed by atoms with Crippen LogP contribution in [-0.2, 0) is 21.0 Å². The van der Waals surface area contributed by atoms with Crippen LogP contribution in [0.5, 0.6) is 0 Å². The third kappa shape index (κ3) is 6.06. The molecule has 0 amide bonds. The Hall–Kier alpha value is -2.06. The number of hydrogen-bond acceptors (Lipinski definition) is 5. The van der Waals surface area contributed by atoms with Crippen LogP contribution in [0.4, 0.5) is 4.39 Å². The highest BCUT2D eigenvalue weighted by molar-refractivity contribution is 6.76. The van der Waals surface area contributed by atoms with E-state index in [0.29, 0.717) is 19.0 Å². The number of carbonyl (C=O) groups excluding carboxylic acids is 1. The van der Waals surface area contributed by atoms with E-state index in [-0.39, 0.29) is 5.56 Å². The fourth-order valence-corrected chi connectivity index (χ4v) is 2.94. The fraction of sp³-hybridized carbons (Fsp3) is 0.471. The first kappa shape index (κ1) is 19.3. The maximum Gasteiger partial charge on any atom is 0.303 e. The molecule has 2 rings (SSSR count). The van der Waals surface area contributed by atoms with E-state index in [9.17, 15) is 9.18 Å². The molecule has 0 spiro atoms. The molecule has 25 heavy (non-hydrogen) atoms. The average molecular weight is 365 g/mol. The van der Waals surface area contributed by atoms with Gasteiger partial charge in [-0.3, -0.25) is 9.78 Å². The van der Waals surface area contributed by atoms with Crippen LogP contribution in [0.15, 0.2) is 31.0 Å². The molecule has 2 heterocycles. The first-order valence-corrected chi connectivity index (χ1v) is 11.8. The molecule has 8 heteroatoms. The van der Waals surface area contributed by atoms with Gasteiger partial charge in [-0.15, -0.1) is 0 Å². The second-order valence-electron chi connectivity index (χ2n) is 7.05. The van der Waals surface area contributed by atoms with E-state index in [1.54, 1.807) is 17.1 Å². The average Bonchev–Trinajstić information content (AvgIpc) is 2.98. The maximum atomic E-state index is 14.0. The maximum absolute atomic E-state index is 14.0. The molecule has 1 unspecified atom stereocenters. The summed E-state index contributed by atoms with van der Waals surface area (Å²) in [7, 11) is -1.13. The van der Waals surface area contributed by atoms with E-state index < -0.39 is 26.0 Å². The van der Waals surface area contributed by atoms with Gasteiger partial charge in [-0.2, -0.15) is 0 Å². The number of rotatable bonds is 8. The van der Waals surface area contributed by atoms with Gasteiger partial charge in [0.05, 0.1) is 12.5 Å². The zero-order valence-electron chi connectivity index (χ0n) is 15.0. The number of imidazole rings is 1. The molecule has 0 saturated carbocycles. The van der Waals surface area contributed by atoms with Crippen molar-refractivity contribution in [1.29, 1.82) is 0 Å². The standard InChI is InChI=1S/C17H24FN3O3Si/c1-13(22)24-17(14-5-6-19-9-15(14)18)16-10-21(11-20-16)12-23-7-8-25(2,3)4/h5-6,9-11,17H,7-8,12H2,1-4H3. The van der Waals surface area contributed by atoms with Gasteiger partial charge in [0, 0.05) is 39.6 Å². The molecular weight excluding hydrogens is 341 g/mol. The number of hydrogen-bond donors (Lipinski definition) is 0. The summed E-state index contributed by atoms with van der Waals surface area (Å²) in [6, 6.07) is 2.55. The third-order valence-electron chi connectivity index (χ3n) is 3.53. The van der Waals surface area contributed by atoms with Crippen molar-refractivity contribution < 1.29 is 18.7 Å². The van der Waals surface area contributed by atoms with Crippen molar-refractivity contribution in [3.8, 4) is 0 Å². The van der Waals surface area contributed by atoms with E-state index >= 15 is 0 Å². The molecule has 6 nitrogen and oxygen atoms in total. The van der Waals surface area contributed by atoms with Crippen molar-refractivity contribution in [2.45, 2.75) is 45.4 Å². The predicted octanol–water partition coefficient (Wildman–Crippen LogP) is 3.38. The Morgan fingerprint density at radius 1 is 1.40 bits per heavy atom. The van der Waals surface area contributed by atoms with Crippen LogP contribution in [-0.4, -0.2) is 35.2 Å². The molecule has 136 valence electrons. The van der Waals surface area contributed by atoms with Gasteiger partial charge in [0.1, 0.15) is 18.2 Å². The number of pyridine rings is 1. The number of aromatic nitrogens is 3. The molecule has 0 bridgehead atoms. The number of ether oxygens (including phenoxy) is 2. The van der Waals surface area contributed by atoms with Gasteiger partial charge in [-0.25, -0.2) is 9.37 Å². The molecule has 0 aliphatic carbocycles. The molecule has 1 atom stereocenters. The second kappa shape index (κ2) is 8.35. The van der Waals surface area contributed by atoms with Gasteiger partial charge in [0.25, 0.3) is 0 Å². The van der Waals surface area contributed by atoms with Crippen LogP contribution in [0.3, 0.4) is 0 Å². The molecular formula is C17H24FN3O3Si. The molecule has 0 aliphatic heterocycles. The highest BCUT2D eigenvalue weighted by atomic mass is 28.3. The van der Waals surface area contributed by atoms with E-state index in [4.69, 9.17) is 9.47 Å².